The summed E-state index contributed by atoms with van der Waals surface area (Å²) >= 11 is 0. The van der Waals surface area contributed by atoms with Crippen molar-refractivity contribution in [3.63, 3.8) is 0 Å². The third-order valence-corrected chi connectivity index (χ3v) is 5.93. The lowest BCUT2D eigenvalue weighted by Crippen LogP contribution is -2.45. The van der Waals surface area contributed by atoms with Gasteiger partial charge in [-0.25, -0.2) is 0 Å². The predicted molar refractivity (Wildman–Crippen MR) is 109 cm³/mol. The molecule has 1 aromatic carbocycles. The van der Waals surface area contributed by atoms with Gasteiger partial charge < -0.3 is 14.5 Å². The van der Waals surface area contributed by atoms with Gasteiger partial charge in [-0.3, -0.25) is 14.5 Å². The Hall–Kier alpha value is -2.08. The van der Waals surface area contributed by atoms with Crippen LogP contribution in [-0.2, 0) is 16.1 Å². The minimum Gasteiger partial charge on any atom is -0.497 e. The van der Waals surface area contributed by atoms with Crippen molar-refractivity contribution in [2.24, 2.45) is 11.3 Å². The normalized spacial score (nSPS) is 23.5. The molecular weight excluding hydrogens is 354 g/mol. The number of nitrogens with zero attached hydrogens (tertiary/aromatic N) is 3. The molecule has 1 unspecified atom stereocenters. The van der Waals surface area contributed by atoms with Gasteiger partial charge in [0.05, 0.1) is 7.11 Å². The van der Waals surface area contributed by atoms with Gasteiger partial charge in [0.25, 0.3) is 0 Å². The molecule has 0 aromatic heterocycles. The zero-order valence-electron chi connectivity index (χ0n) is 17.6. The van der Waals surface area contributed by atoms with E-state index >= 15 is 0 Å². The highest BCUT2D eigenvalue weighted by Gasteiger charge is 2.46. The molecule has 0 aliphatic carbocycles. The Labute approximate surface area is 168 Å². The van der Waals surface area contributed by atoms with E-state index in [0.717, 1.165) is 45.0 Å². The van der Waals surface area contributed by atoms with E-state index < -0.39 is 0 Å². The number of hydrogen-bond donors (Lipinski definition) is 0. The number of amides is 2. The molecule has 2 aliphatic rings. The highest BCUT2D eigenvalue weighted by Crippen LogP contribution is 2.35. The van der Waals surface area contributed by atoms with Gasteiger partial charge in [0, 0.05) is 63.6 Å². The van der Waals surface area contributed by atoms with Gasteiger partial charge in [-0.05, 0) is 24.6 Å². The van der Waals surface area contributed by atoms with Gasteiger partial charge in [0.1, 0.15) is 5.75 Å². The van der Waals surface area contributed by atoms with Crippen molar-refractivity contribution in [2.45, 2.75) is 33.7 Å². The topological polar surface area (TPSA) is 53.1 Å². The second kappa shape index (κ2) is 8.52. The number of benzene rings is 1. The third-order valence-electron chi connectivity index (χ3n) is 5.93. The highest BCUT2D eigenvalue weighted by atomic mass is 16.5. The van der Waals surface area contributed by atoms with Gasteiger partial charge >= 0.3 is 0 Å². The number of likely N-dealkylation sites (tertiary alicyclic amines) is 1. The fraction of sp³-hybridized carbons (Fsp3) is 0.636. The second-order valence-electron chi connectivity index (χ2n) is 8.56. The van der Waals surface area contributed by atoms with E-state index in [1.807, 2.05) is 42.7 Å². The molecule has 2 aliphatic heterocycles. The first kappa shape index (κ1) is 20.6. The Balaban J connectivity index is 1.80. The van der Waals surface area contributed by atoms with E-state index in [2.05, 4.69) is 17.0 Å². The number of ether oxygens (including phenoxy) is 1. The second-order valence-corrected chi connectivity index (χ2v) is 8.56. The molecule has 1 spiro atoms. The predicted octanol–water partition coefficient (Wildman–Crippen LogP) is 2.23. The third kappa shape index (κ3) is 4.49. The number of carbonyl (C=O) groups excluding carboxylic acids is 2. The SMILES string of the molecule is CCN1CC2(CC1=O)CN(Cc1ccc(OC)cc1)CCN(C(=O)C(C)C)C2. The molecule has 6 heteroatoms. The Morgan fingerprint density at radius 2 is 1.86 bits per heavy atom. The monoisotopic (exact) mass is 387 g/mol. The molecule has 2 heterocycles. The molecular formula is C22H33N3O3. The van der Waals surface area contributed by atoms with Gasteiger partial charge in [0.2, 0.25) is 11.8 Å². The van der Waals surface area contributed by atoms with Crippen LogP contribution < -0.4 is 4.74 Å². The molecule has 3 rings (SSSR count). The van der Waals surface area contributed by atoms with E-state index in [-0.39, 0.29) is 23.1 Å². The van der Waals surface area contributed by atoms with Crippen LogP contribution in [0.15, 0.2) is 24.3 Å². The molecule has 1 atom stereocenters. The average Bonchev–Trinajstić information content (AvgIpc) is 2.88. The number of carbonyl (C=O) groups is 2. The zero-order valence-corrected chi connectivity index (χ0v) is 17.6. The summed E-state index contributed by atoms with van der Waals surface area (Å²) in [6.45, 7) is 11.3. The van der Waals surface area contributed by atoms with Crippen molar-refractivity contribution in [1.82, 2.24) is 14.7 Å². The van der Waals surface area contributed by atoms with Gasteiger partial charge in [-0.1, -0.05) is 26.0 Å². The standard InChI is InChI=1S/C22H33N3O3/c1-5-24-15-22(12-20(24)26)14-23(10-11-25(16-22)21(27)17(2)3)13-18-6-8-19(28-4)9-7-18/h6-9,17H,5,10-16H2,1-4H3. The molecule has 2 fully saturated rings. The van der Waals surface area contributed by atoms with Crippen molar-refractivity contribution in [1.29, 1.82) is 0 Å². The summed E-state index contributed by atoms with van der Waals surface area (Å²) in [6.07, 6.45) is 0.530. The van der Waals surface area contributed by atoms with Crippen LogP contribution in [0.5, 0.6) is 5.75 Å². The first-order chi connectivity index (χ1) is 13.4. The summed E-state index contributed by atoms with van der Waals surface area (Å²) < 4.78 is 5.25. The summed E-state index contributed by atoms with van der Waals surface area (Å²) in [7, 11) is 1.67. The zero-order chi connectivity index (χ0) is 20.3. The average molecular weight is 388 g/mol. The maximum atomic E-state index is 12.8. The molecule has 0 N–H and O–H groups in total. The number of hydrogen-bond acceptors (Lipinski definition) is 4. The minimum atomic E-state index is -0.180. The van der Waals surface area contributed by atoms with E-state index in [1.54, 1.807) is 7.11 Å². The van der Waals surface area contributed by atoms with Crippen LogP contribution in [0.4, 0.5) is 0 Å². The molecule has 2 saturated heterocycles. The Kier molecular flexibility index (Phi) is 6.28. The molecule has 1 aromatic rings. The van der Waals surface area contributed by atoms with Crippen molar-refractivity contribution in [3.05, 3.63) is 29.8 Å². The van der Waals surface area contributed by atoms with Gasteiger partial charge in [-0.2, -0.15) is 0 Å². The Bertz CT molecular complexity index is 703. The maximum Gasteiger partial charge on any atom is 0.225 e. The van der Waals surface area contributed by atoms with Crippen molar-refractivity contribution in [3.8, 4) is 5.75 Å². The first-order valence-electron chi connectivity index (χ1n) is 10.3. The molecule has 2 amide bonds. The van der Waals surface area contributed by atoms with Crippen LogP contribution in [0.25, 0.3) is 0 Å². The summed E-state index contributed by atoms with van der Waals surface area (Å²) in [4.78, 5) is 31.6. The summed E-state index contributed by atoms with van der Waals surface area (Å²) in [6, 6.07) is 8.14. The molecule has 0 bridgehead atoms. The van der Waals surface area contributed by atoms with E-state index in [9.17, 15) is 9.59 Å². The van der Waals surface area contributed by atoms with Crippen LogP contribution >= 0.6 is 0 Å². The van der Waals surface area contributed by atoms with E-state index in [0.29, 0.717) is 13.0 Å². The van der Waals surface area contributed by atoms with Crippen LogP contribution in [0.3, 0.4) is 0 Å². The Morgan fingerprint density at radius 3 is 2.43 bits per heavy atom. The van der Waals surface area contributed by atoms with Crippen molar-refractivity contribution in [2.75, 3.05) is 46.4 Å². The smallest absolute Gasteiger partial charge is 0.225 e. The van der Waals surface area contributed by atoms with Crippen LogP contribution in [-0.4, -0.2) is 72.9 Å². The molecule has 0 saturated carbocycles. The van der Waals surface area contributed by atoms with Crippen molar-refractivity contribution < 1.29 is 14.3 Å². The molecule has 154 valence electrons. The van der Waals surface area contributed by atoms with E-state index in [4.69, 9.17) is 4.74 Å². The number of rotatable bonds is 5. The lowest BCUT2D eigenvalue weighted by Gasteiger charge is -2.34. The van der Waals surface area contributed by atoms with E-state index in [1.165, 1.54) is 5.56 Å². The fourth-order valence-electron chi connectivity index (χ4n) is 4.51. The van der Waals surface area contributed by atoms with Crippen LogP contribution in [0, 0.1) is 11.3 Å². The molecule has 28 heavy (non-hydrogen) atoms. The minimum absolute atomic E-state index is 0.0235. The highest BCUT2D eigenvalue weighted by molar-refractivity contribution is 5.81. The summed E-state index contributed by atoms with van der Waals surface area (Å²) in [5.74, 6) is 1.23. The van der Waals surface area contributed by atoms with Crippen LogP contribution in [0.2, 0.25) is 0 Å². The summed E-state index contributed by atoms with van der Waals surface area (Å²) in [5, 5.41) is 0. The molecule has 0 radical (unpaired) electrons. The molecule has 6 nitrogen and oxygen atoms in total. The van der Waals surface area contributed by atoms with Gasteiger partial charge in [0.15, 0.2) is 0 Å². The maximum absolute atomic E-state index is 12.8. The number of methoxy groups -OCH3 is 1. The quantitative estimate of drug-likeness (QED) is 0.778. The Morgan fingerprint density at radius 1 is 1.14 bits per heavy atom. The largest absolute Gasteiger partial charge is 0.497 e. The summed E-state index contributed by atoms with van der Waals surface area (Å²) in [5.41, 5.74) is 1.04. The lowest BCUT2D eigenvalue weighted by atomic mass is 9.85. The lowest BCUT2D eigenvalue weighted by molar-refractivity contribution is -0.135. The van der Waals surface area contributed by atoms with Gasteiger partial charge in [-0.15, -0.1) is 0 Å². The van der Waals surface area contributed by atoms with Crippen molar-refractivity contribution >= 4 is 11.8 Å². The first-order valence-corrected chi connectivity index (χ1v) is 10.3. The fourth-order valence-corrected chi connectivity index (χ4v) is 4.51. The van der Waals surface area contributed by atoms with Crippen LogP contribution in [0.1, 0.15) is 32.8 Å².